The fraction of sp³-hybridized carbons (Fsp3) is 0.350. The predicted molar refractivity (Wildman–Crippen MR) is 107 cm³/mol. The Bertz CT molecular complexity index is 927. The van der Waals surface area contributed by atoms with Crippen LogP contribution in [0.15, 0.2) is 41.9 Å². The molecule has 0 aliphatic carbocycles. The first-order chi connectivity index (χ1) is 13.2. The molecule has 0 saturated carbocycles. The summed E-state index contributed by atoms with van der Waals surface area (Å²) in [5.41, 5.74) is 2.20. The maximum absolute atomic E-state index is 12.9. The van der Waals surface area contributed by atoms with Gasteiger partial charge < -0.3 is 4.74 Å². The number of para-hydroxylation sites is 1. The van der Waals surface area contributed by atoms with Gasteiger partial charge in [0.25, 0.3) is 5.91 Å². The van der Waals surface area contributed by atoms with Crippen LogP contribution in [0, 0.1) is 0 Å². The minimum atomic E-state index is -0.175. The summed E-state index contributed by atoms with van der Waals surface area (Å²) in [4.78, 5) is 24.2. The molecule has 1 aromatic carbocycles. The second-order valence-electron chi connectivity index (χ2n) is 6.56. The number of pyridine rings is 1. The average Bonchev–Trinajstić information content (AvgIpc) is 3.20. The van der Waals surface area contributed by atoms with Gasteiger partial charge in [0.05, 0.1) is 23.4 Å². The molecule has 1 amide bonds. The molecule has 1 saturated heterocycles. The molecule has 0 bridgehead atoms. The van der Waals surface area contributed by atoms with E-state index in [1.807, 2.05) is 35.7 Å². The monoisotopic (exact) mass is 382 g/mol. The van der Waals surface area contributed by atoms with Gasteiger partial charge in [-0.1, -0.05) is 25.1 Å². The van der Waals surface area contributed by atoms with Gasteiger partial charge in [-0.3, -0.25) is 15.0 Å². The van der Waals surface area contributed by atoms with E-state index >= 15 is 0 Å². The lowest BCUT2D eigenvalue weighted by atomic mass is 10.0. The summed E-state index contributed by atoms with van der Waals surface area (Å²) in [5, 5.41) is 6.13. The van der Waals surface area contributed by atoms with Crippen LogP contribution in [0.4, 0.5) is 5.13 Å². The number of hydrogen-bond acceptors (Lipinski definition) is 6. The van der Waals surface area contributed by atoms with Crippen molar-refractivity contribution in [3.05, 3.63) is 53.2 Å². The summed E-state index contributed by atoms with van der Waals surface area (Å²) in [5.74, 6) is -0.175. The highest BCUT2D eigenvalue weighted by Crippen LogP contribution is 2.27. The SMILES string of the molecule is CCCN1CCOC(c2cc(C(=O)Nc3nccs3)c3ccccc3n2)C1. The number of hydrogen-bond donors (Lipinski definition) is 1. The van der Waals surface area contributed by atoms with E-state index in [2.05, 4.69) is 22.1 Å². The number of thiazole rings is 1. The summed E-state index contributed by atoms with van der Waals surface area (Å²) >= 11 is 1.40. The van der Waals surface area contributed by atoms with E-state index < -0.39 is 0 Å². The fourth-order valence-electron chi connectivity index (χ4n) is 3.40. The second kappa shape index (κ2) is 8.12. The Morgan fingerprint density at radius 1 is 1.41 bits per heavy atom. The third-order valence-electron chi connectivity index (χ3n) is 4.65. The first-order valence-electron chi connectivity index (χ1n) is 9.19. The lowest BCUT2D eigenvalue weighted by Gasteiger charge is -2.32. The van der Waals surface area contributed by atoms with Crippen LogP contribution in [0.2, 0.25) is 0 Å². The lowest BCUT2D eigenvalue weighted by molar-refractivity contribution is -0.0318. The maximum Gasteiger partial charge on any atom is 0.258 e. The summed E-state index contributed by atoms with van der Waals surface area (Å²) in [7, 11) is 0. The van der Waals surface area contributed by atoms with Gasteiger partial charge in [0.1, 0.15) is 6.10 Å². The Morgan fingerprint density at radius 2 is 2.30 bits per heavy atom. The molecule has 140 valence electrons. The standard InChI is InChI=1S/C20H22N4O2S/c1-2-8-24-9-10-26-18(13-24)17-12-15(14-5-3-4-6-16(14)22-17)19(25)23-20-21-7-11-27-20/h3-7,11-12,18H,2,8-10,13H2,1H3,(H,21,23,25). The van der Waals surface area contributed by atoms with Gasteiger partial charge in [0.2, 0.25) is 0 Å². The number of carbonyl (C=O) groups excluding carboxylic acids is 1. The van der Waals surface area contributed by atoms with E-state index in [1.54, 1.807) is 6.20 Å². The summed E-state index contributed by atoms with van der Waals surface area (Å²) in [6.45, 7) is 5.65. The van der Waals surface area contributed by atoms with Crippen molar-refractivity contribution in [3.8, 4) is 0 Å². The summed E-state index contributed by atoms with van der Waals surface area (Å²) < 4.78 is 5.98. The molecule has 1 aliphatic heterocycles. The molecule has 1 unspecified atom stereocenters. The molecular weight excluding hydrogens is 360 g/mol. The molecule has 3 aromatic rings. The van der Waals surface area contributed by atoms with Crippen LogP contribution in [0.1, 0.15) is 35.5 Å². The van der Waals surface area contributed by atoms with Gasteiger partial charge >= 0.3 is 0 Å². The Kier molecular flexibility index (Phi) is 5.42. The van der Waals surface area contributed by atoms with Gasteiger partial charge in [-0.25, -0.2) is 9.97 Å². The van der Waals surface area contributed by atoms with E-state index in [-0.39, 0.29) is 12.0 Å². The van der Waals surface area contributed by atoms with Crippen molar-refractivity contribution in [3.63, 3.8) is 0 Å². The number of morpholine rings is 1. The van der Waals surface area contributed by atoms with Crippen LogP contribution in [0.3, 0.4) is 0 Å². The number of carbonyl (C=O) groups is 1. The minimum Gasteiger partial charge on any atom is -0.369 e. The summed E-state index contributed by atoms with van der Waals surface area (Å²) in [6.07, 6.45) is 2.66. The molecule has 6 nitrogen and oxygen atoms in total. The molecule has 1 fully saturated rings. The van der Waals surface area contributed by atoms with Crippen molar-refractivity contribution >= 4 is 33.3 Å². The molecule has 1 atom stereocenters. The second-order valence-corrected chi connectivity index (χ2v) is 7.46. The minimum absolute atomic E-state index is 0.124. The molecular formula is C20H22N4O2S. The Balaban J connectivity index is 1.69. The van der Waals surface area contributed by atoms with Crippen LogP contribution < -0.4 is 5.32 Å². The number of fused-ring (bicyclic) bond motifs is 1. The van der Waals surface area contributed by atoms with Gasteiger partial charge in [-0.15, -0.1) is 11.3 Å². The van der Waals surface area contributed by atoms with E-state index in [1.165, 1.54) is 11.3 Å². The fourth-order valence-corrected chi connectivity index (χ4v) is 3.92. The third-order valence-corrected chi connectivity index (χ3v) is 5.34. The smallest absolute Gasteiger partial charge is 0.258 e. The topological polar surface area (TPSA) is 67.3 Å². The number of amides is 1. The van der Waals surface area contributed by atoms with E-state index in [4.69, 9.17) is 9.72 Å². The molecule has 0 radical (unpaired) electrons. The number of nitrogens with one attached hydrogen (secondary N) is 1. The molecule has 4 rings (SSSR count). The van der Waals surface area contributed by atoms with Crippen molar-refractivity contribution in [2.45, 2.75) is 19.4 Å². The van der Waals surface area contributed by atoms with Crippen molar-refractivity contribution in [2.75, 3.05) is 31.6 Å². The first-order valence-corrected chi connectivity index (χ1v) is 10.1. The molecule has 0 spiro atoms. The van der Waals surface area contributed by atoms with Crippen molar-refractivity contribution in [1.82, 2.24) is 14.9 Å². The molecule has 2 aromatic heterocycles. The number of benzene rings is 1. The van der Waals surface area contributed by atoms with Crippen LogP contribution in [0.5, 0.6) is 0 Å². The highest BCUT2D eigenvalue weighted by atomic mass is 32.1. The van der Waals surface area contributed by atoms with Crippen LogP contribution in [0.25, 0.3) is 10.9 Å². The number of aromatic nitrogens is 2. The van der Waals surface area contributed by atoms with Crippen LogP contribution in [-0.4, -0.2) is 47.0 Å². The van der Waals surface area contributed by atoms with Crippen LogP contribution in [-0.2, 0) is 4.74 Å². The van der Waals surface area contributed by atoms with Gasteiger partial charge in [0.15, 0.2) is 5.13 Å². The Labute approximate surface area is 162 Å². The lowest BCUT2D eigenvalue weighted by Crippen LogP contribution is -2.39. The predicted octanol–water partition coefficient (Wildman–Crippen LogP) is 3.73. The molecule has 27 heavy (non-hydrogen) atoms. The van der Waals surface area contributed by atoms with Crippen LogP contribution >= 0.6 is 11.3 Å². The van der Waals surface area contributed by atoms with Gasteiger partial charge in [-0.05, 0) is 25.1 Å². The highest BCUT2D eigenvalue weighted by Gasteiger charge is 2.24. The number of nitrogens with zero attached hydrogens (tertiary/aromatic N) is 3. The van der Waals surface area contributed by atoms with Crippen molar-refractivity contribution in [1.29, 1.82) is 0 Å². The zero-order chi connectivity index (χ0) is 18.6. The van der Waals surface area contributed by atoms with Crippen molar-refractivity contribution < 1.29 is 9.53 Å². The maximum atomic E-state index is 12.9. The normalized spacial score (nSPS) is 17.9. The highest BCUT2D eigenvalue weighted by molar-refractivity contribution is 7.13. The van der Waals surface area contributed by atoms with Gasteiger partial charge in [0, 0.05) is 30.1 Å². The largest absolute Gasteiger partial charge is 0.369 e. The molecule has 1 aliphatic rings. The zero-order valence-corrected chi connectivity index (χ0v) is 16.0. The van der Waals surface area contributed by atoms with Crippen molar-refractivity contribution in [2.24, 2.45) is 0 Å². The number of anilines is 1. The first kappa shape index (κ1) is 18.0. The average molecular weight is 382 g/mol. The van der Waals surface area contributed by atoms with Gasteiger partial charge in [-0.2, -0.15) is 0 Å². The van der Waals surface area contributed by atoms with E-state index in [9.17, 15) is 4.79 Å². The zero-order valence-electron chi connectivity index (χ0n) is 15.2. The third kappa shape index (κ3) is 4.00. The Hall–Kier alpha value is -2.35. The Morgan fingerprint density at radius 3 is 3.11 bits per heavy atom. The van der Waals surface area contributed by atoms with E-state index in [0.29, 0.717) is 17.3 Å². The number of ether oxygens (including phenoxy) is 1. The summed E-state index contributed by atoms with van der Waals surface area (Å²) in [6, 6.07) is 9.59. The molecule has 7 heteroatoms. The quantitative estimate of drug-likeness (QED) is 0.728. The van der Waals surface area contributed by atoms with E-state index in [0.717, 1.165) is 42.7 Å². The number of rotatable bonds is 5. The molecule has 1 N–H and O–H groups in total. The molecule has 3 heterocycles.